The number of hydrogen-bond donors (Lipinski definition) is 0. The van der Waals surface area contributed by atoms with E-state index in [-0.39, 0.29) is 5.82 Å². The third-order valence-corrected chi connectivity index (χ3v) is 7.57. The predicted molar refractivity (Wildman–Crippen MR) is 119 cm³/mol. The van der Waals surface area contributed by atoms with Gasteiger partial charge in [-0.05, 0) is 29.8 Å². The Morgan fingerprint density at radius 2 is 1.50 bits per heavy atom. The van der Waals surface area contributed by atoms with Crippen LogP contribution >= 0.6 is 0 Å². The molecule has 0 spiro atoms. The third kappa shape index (κ3) is 4.05. The van der Waals surface area contributed by atoms with E-state index in [1.807, 2.05) is 49.3 Å². The largest absolute Gasteiger partial charge is 0.377 e. The second kappa shape index (κ2) is 8.34. The summed E-state index contributed by atoms with van der Waals surface area (Å²) in [5.41, 5.74) is 2.02. The van der Waals surface area contributed by atoms with Crippen molar-refractivity contribution < 1.29 is 12.8 Å². The lowest BCUT2D eigenvalue weighted by atomic mass is 10.1. The van der Waals surface area contributed by atoms with Crippen LogP contribution in [0.1, 0.15) is 5.56 Å². The van der Waals surface area contributed by atoms with Gasteiger partial charge in [-0.1, -0.05) is 36.4 Å². The first-order valence-electron chi connectivity index (χ1n) is 10.0. The second-order valence-electron chi connectivity index (χ2n) is 7.83. The highest BCUT2D eigenvalue weighted by molar-refractivity contribution is 7.89. The van der Waals surface area contributed by atoms with Crippen LogP contribution in [0, 0.1) is 5.82 Å². The number of nitrogens with zero attached hydrogens (tertiary/aromatic N) is 3. The molecule has 1 saturated heterocycles. The Bertz CT molecular complexity index is 1140. The van der Waals surface area contributed by atoms with Gasteiger partial charge in [0.1, 0.15) is 5.82 Å². The first-order chi connectivity index (χ1) is 14.4. The number of piperazine rings is 1. The summed E-state index contributed by atoms with van der Waals surface area (Å²) in [4.78, 5) is 4.55. The zero-order valence-electron chi connectivity index (χ0n) is 17.3. The molecule has 4 rings (SSSR count). The molecule has 1 fully saturated rings. The molecule has 3 aromatic carbocycles. The maximum Gasteiger partial charge on any atom is 0.243 e. The Morgan fingerprint density at radius 3 is 2.17 bits per heavy atom. The van der Waals surface area contributed by atoms with Crippen molar-refractivity contribution in [2.75, 3.05) is 45.2 Å². The minimum Gasteiger partial charge on any atom is -0.377 e. The van der Waals surface area contributed by atoms with E-state index in [2.05, 4.69) is 4.90 Å². The van der Waals surface area contributed by atoms with Crippen LogP contribution in [0.2, 0.25) is 0 Å². The molecule has 158 valence electrons. The van der Waals surface area contributed by atoms with Crippen molar-refractivity contribution in [3.05, 3.63) is 72.0 Å². The van der Waals surface area contributed by atoms with Gasteiger partial charge in [-0.3, -0.25) is 4.90 Å². The van der Waals surface area contributed by atoms with Gasteiger partial charge in [0.2, 0.25) is 10.0 Å². The van der Waals surface area contributed by atoms with Gasteiger partial charge in [0, 0.05) is 63.3 Å². The normalized spacial score (nSPS) is 16.1. The van der Waals surface area contributed by atoms with Crippen LogP contribution in [0.15, 0.2) is 65.6 Å². The van der Waals surface area contributed by atoms with Gasteiger partial charge < -0.3 is 4.90 Å². The lowest BCUT2D eigenvalue weighted by molar-refractivity contribution is 0.181. The van der Waals surface area contributed by atoms with Crippen molar-refractivity contribution in [3.63, 3.8) is 0 Å². The molecule has 1 heterocycles. The summed E-state index contributed by atoms with van der Waals surface area (Å²) in [6.07, 6.45) is 0. The summed E-state index contributed by atoms with van der Waals surface area (Å²) in [7, 11) is 0.315. The van der Waals surface area contributed by atoms with E-state index < -0.39 is 10.0 Å². The van der Waals surface area contributed by atoms with E-state index in [1.165, 1.54) is 12.1 Å². The molecule has 5 nitrogen and oxygen atoms in total. The lowest BCUT2D eigenvalue weighted by Crippen LogP contribution is -2.48. The standard InChI is InChI=1S/C23H26FN3O2S/c1-25(2)22-7-3-6-21-20(22)5-4-8-23(21)30(28,29)27-15-13-26(14-16-27)17-18-9-11-19(24)12-10-18/h3-12H,13-17H2,1-2H3. The van der Waals surface area contributed by atoms with Crippen molar-refractivity contribution in [1.82, 2.24) is 9.21 Å². The van der Waals surface area contributed by atoms with Gasteiger partial charge in [0.25, 0.3) is 0 Å². The maximum atomic E-state index is 13.4. The number of rotatable bonds is 5. The lowest BCUT2D eigenvalue weighted by Gasteiger charge is -2.34. The Balaban J connectivity index is 1.54. The summed E-state index contributed by atoms with van der Waals surface area (Å²) in [5, 5.41) is 1.68. The fourth-order valence-corrected chi connectivity index (χ4v) is 5.62. The minimum atomic E-state index is -3.59. The average molecular weight is 428 g/mol. The summed E-state index contributed by atoms with van der Waals surface area (Å²) in [6, 6.07) is 17.7. The molecule has 7 heteroatoms. The van der Waals surface area contributed by atoms with E-state index in [0.717, 1.165) is 22.0 Å². The number of anilines is 1. The van der Waals surface area contributed by atoms with Crippen molar-refractivity contribution >= 4 is 26.5 Å². The van der Waals surface area contributed by atoms with Crippen LogP contribution in [0.4, 0.5) is 10.1 Å². The minimum absolute atomic E-state index is 0.248. The molecule has 0 amide bonds. The molecule has 0 aromatic heterocycles. The summed E-state index contributed by atoms with van der Waals surface area (Å²) in [5.74, 6) is -0.248. The van der Waals surface area contributed by atoms with Crippen molar-refractivity contribution in [1.29, 1.82) is 0 Å². The van der Waals surface area contributed by atoms with Gasteiger partial charge in [0.15, 0.2) is 0 Å². The molecule has 3 aromatic rings. The van der Waals surface area contributed by atoms with Gasteiger partial charge >= 0.3 is 0 Å². The SMILES string of the molecule is CN(C)c1cccc2c(S(=O)(=O)N3CCN(Cc4ccc(F)cc4)CC3)cccc12. The highest BCUT2D eigenvalue weighted by Crippen LogP contribution is 2.32. The molecular formula is C23H26FN3O2S. The fourth-order valence-electron chi connectivity index (χ4n) is 3.99. The number of fused-ring (bicyclic) bond motifs is 1. The van der Waals surface area contributed by atoms with Crippen LogP contribution < -0.4 is 4.90 Å². The van der Waals surface area contributed by atoms with E-state index >= 15 is 0 Å². The monoisotopic (exact) mass is 427 g/mol. The van der Waals surface area contributed by atoms with E-state index in [1.54, 1.807) is 22.5 Å². The highest BCUT2D eigenvalue weighted by Gasteiger charge is 2.30. The molecule has 0 radical (unpaired) electrons. The van der Waals surface area contributed by atoms with Crippen LogP contribution in [0.5, 0.6) is 0 Å². The molecule has 0 bridgehead atoms. The van der Waals surface area contributed by atoms with Crippen LogP contribution in [0.3, 0.4) is 0 Å². The van der Waals surface area contributed by atoms with Crippen LogP contribution in [-0.4, -0.2) is 57.9 Å². The average Bonchev–Trinajstić information content (AvgIpc) is 2.74. The molecule has 0 unspecified atom stereocenters. The zero-order valence-corrected chi connectivity index (χ0v) is 18.1. The molecule has 1 aliphatic rings. The quantitative estimate of drug-likeness (QED) is 0.625. The Hall–Kier alpha value is -2.48. The summed E-state index contributed by atoms with van der Waals surface area (Å²) in [6.45, 7) is 2.85. The molecule has 0 N–H and O–H groups in total. The summed E-state index contributed by atoms with van der Waals surface area (Å²) < 4.78 is 41.5. The number of benzene rings is 3. The number of hydrogen-bond acceptors (Lipinski definition) is 4. The second-order valence-corrected chi connectivity index (χ2v) is 9.74. The Labute approximate surface area is 177 Å². The number of halogens is 1. The predicted octanol–water partition coefficient (Wildman–Crippen LogP) is 3.55. The first-order valence-corrected chi connectivity index (χ1v) is 11.5. The van der Waals surface area contributed by atoms with Gasteiger partial charge in [0.05, 0.1) is 4.90 Å². The van der Waals surface area contributed by atoms with Gasteiger partial charge in [-0.2, -0.15) is 4.31 Å². The topological polar surface area (TPSA) is 43.9 Å². The molecular weight excluding hydrogens is 401 g/mol. The van der Waals surface area contributed by atoms with Crippen LogP contribution in [-0.2, 0) is 16.6 Å². The van der Waals surface area contributed by atoms with E-state index in [0.29, 0.717) is 37.6 Å². The smallest absolute Gasteiger partial charge is 0.243 e. The van der Waals surface area contributed by atoms with E-state index in [4.69, 9.17) is 0 Å². The number of sulfonamides is 1. The maximum absolute atomic E-state index is 13.4. The van der Waals surface area contributed by atoms with Crippen LogP contribution in [0.25, 0.3) is 10.8 Å². The van der Waals surface area contributed by atoms with E-state index in [9.17, 15) is 12.8 Å². The molecule has 0 aliphatic carbocycles. The van der Waals surface area contributed by atoms with Gasteiger partial charge in [-0.15, -0.1) is 0 Å². The first kappa shape index (κ1) is 20.8. The Morgan fingerprint density at radius 1 is 0.867 bits per heavy atom. The Kier molecular flexibility index (Phi) is 5.77. The van der Waals surface area contributed by atoms with Crippen molar-refractivity contribution in [2.24, 2.45) is 0 Å². The molecule has 30 heavy (non-hydrogen) atoms. The highest BCUT2D eigenvalue weighted by atomic mass is 32.2. The zero-order chi connectivity index (χ0) is 21.3. The summed E-state index contributed by atoms with van der Waals surface area (Å²) >= 11 is 0. The molecule has 0 saturated carbocycles. The third-order valence-electron chi connectivity index (χ3n) is 5.61. The fraction of sp³-hybridized carbons (Fsp3) is 0.304. The van der Waals surface area contributed by atoms with Crippen molar-refractivity contribution in [3.8, 4) is 0 Å². The van der Waals surface area contributed by atoms with Gasteiger partial charge in [-0.25, -0.2) is 12.8 Å². The van der Waals surface area contributed by atoms with Crippen molar-refractivity contribution in [2.45, 2.75) is 11.4 Å². The molecule has 0 atom stereocenters. The molecule has 1 aliphatic heterocycles.